The first-order chi connectivity index (χ1) is 18.8. The Labute approximate surface area is 241 Å². The van der Waals surface area contributed by atoms with Gasteiger partial charge in [0.05, 0.1) is 0 Å². The van der Waals surface area contributed by atoms with Crippen molar-refractivity contribution in [1.29, 1.82) is 0 Å². The van der Waals surface area contributed by atoms with Gasteiger partial charge in [-0.25, -0.2) is 0 Å². The zero-order chi connectivity index (χ0) is 27.8. The summed E-state index contributed by atoms with van der Waals surface area (Å²) in [6.45, 7) is 5.36. The summed E-state index contributed by atoms with van der Waals surface area (Å²) in [5.74, 6) is 1.91. The van der Waals surface area contributed by atoms with E-state index in [1.54, 1.807) is 0 Å². The Morgan fingerprint density at radius 2 is 0.500 bits per heavy atom. The number of hydrogen-bond acceptors (Lipinski definition) is 2. The zero-order valence-corrected chi connectivity index (χ0v) is 26.7. The predicted molar refractivity (Wildman–Crippen MR) is 171 cm³/mol. The van der Waals surface area contributed by atoms with E-state index >= 15 is 0 Å². The Bertz CT molecular complexity index is 336. The van der Waals surface area contributed by atoms with Crippen LogP contribution in [0.3, 0.4) is 0 Å². The minimum atomic E-state index is 0.363. The molecule has 0 aliphatic carbocycles. The van der Waals surface area contributed by atoms with Gasteiger partial charge in [0.25, 0.3) is 0 Å². The van der Waals surface area contributed by atoms with Crippen LogP contribution in [0, 0.1) is 11.8 Å². The minimum absolute atomic E-state index is 0.363. The number of aliphatic hydroxyl groups excluding tert-OH is 2. The Morgan fingerprint density at radius 1 is 0.289 bits per heavy atom. The third kappa shape index (κ3) is 27.5. The van der Waals surface area contributed by atoms with Gasteiger partial charge in [0.1, 0.15) is 0 Å². The van der Waals surface area contributed by atoms with Crippen LogP contribution in [0.15, 0.2) is 0 Å². The molecule has 0 aromatic heterocycles. The van der Waals surface area contributed by atoms with Crippen molar-refractivity contribution < 1.29 is 10.2 Å². The predicted octanol–water partition coefficient (Wildman–Crippen LogP) is 11.9. The molecule has 0 aliphatic rings. The monoisotopic (exact) mass is 539 g/mol. The summed E-state index contributed by atoms with van der Waals surface area (Å²) in [6.07, 6.45) is 41.3. The van der Waals surface area contributed by atoms with Gasteiger partial charge in [-0.15, -0.1) is 0 Å². The summed E-state index contributed by atoms with van der Waals surface area (Å²) in [4.78, 5) is 0. The van der Waals surface area contributed by atoms with Crippen molar-refractivity contribution >= 4 is 0 Å². The van der Waals surface area contributed by atoms with Crippen molar-refractivity contribution in [2.24, 2.45) is 11.8 Å². The van der Waals surface area contributed by atoms with E-state index < -0.39 is 0 Å². The standard InChI is InChI=1S/C36H74O2/c1-3-5-7-9-11-17-23-29-35(31-25-19-13-15-21-27-33-37)36(30-24-18-12-10-8-6-4-2)32-26-20-14-16-22-28-34-38/h35-38H,3-34H2,1-2H3. The fraction of sp³-hybridized carbons (Fsp3) is 1.00. The highest BCUT2D eigenvalue weighted by Crippen LogP contribution is 2.33. The first-order valence-electron chi connectivity index (χ1n) is 18.0. The first-order valence-corrected chi connectivity index (χ1v) is 18.0. The van der Waals surface area contributed by atoms with E-state index in [4.69, 9.17) is 10.2 Å². The number of aliphatic hydroxyl groups is 2. The zero-order valence-electron chi connectivity index (χ0n) is 26.7. The van der Waals surface area contributed by atoms with E-state index in [0.29, 0.717) is 13.2 Å². The molecule has 0 rings (SSSR count). The fourth-order valence-electron chi connectivity index (χ4n) is 6.41. The maximum Gasteiger partial charge on any atom is 0.0431 e. The lowest BCUT2D eigenvalue weighted by Crippen LogP contribution is -2.16. The summed E-state index contributed by atoms with van der Waals surface area (Å²) >= 11 is 0. The summed E-state index contributed by atoms with van der Waals surface area (Å²) in [6, 6.07) is 0. The highest BCUT2D eigenvalue weighted by Gasteiger charge is 2.20. The molecule has 0 aromatic rings. The van der Waals surface area contributed by atoms with Gasteiger partial charge < -0.3 is 10.2 Å². The quantitative estimate of drug-likeness (QED) is 0.0815. The van der Waals surface area contributed by atoms with Gasteiger partial charge in [-0.3, -0.25) is 0 Å². The van der Waals surface area contributed by atoms with E-state index in [-0.39, 0.29) is 0 Å². The second-order valence-corrected chi connectivity index (χ2v) is 12.6. The number of unbranched alkanes of at least 4 members (excludes halogenated alkanes) is 22. The van der Waals surface area contributed by atoms with E-state index in [1.807, 2.05) is 0 Å². The highest BCUT2D eigenvalue weighted by atomic mass is 16.3. The fourth-order valence-corrected chi connectivity index (χ4v) is 6.41. The Hall–Kier alpha value is -0.0800. The van der Waals surface area contributed by atoms with Gasteiger partial charge in [0.15, 0.2) is 0 Å². The molecular weight excluding hydrogens is 464 g/mol. The van der Waals surface area contributed by atoms with Crippen LogP contribution >= 0.6 is 0 Å². The van der Waals surface area contributed by atoms with Crippen LogP contribution in [-0.4, -0.2) is 23.4 Å². The van der Waals surface area contributed by atoms with Crippen molar-refractivity contribution in [3.05, 3.63) is 0 Å². The van der Waals surface area contributed by atoms with E-state index in [9.17, 15) is 0 Å². The highest BCUT2D eigenvalue weighted by molar-refractivity contribution is 4.72. The molecule has 0 radical (unpaired) electrons. The molecule has 2 nitrogen and oxygen atoms in total. The number of rotatable bonds is 33. The van der Waals surface area contributed by atoms with Crippen LogP contribution in [-0.2, 0) is 0 Å². The first kappa shape index (κ1) is 37.9. The molecule has 230 valence electrons. The van der Waals surface area contributed by atoms with Crippen LogP contribution in [0.5, 0.6) is 0 Å². The lowest BCUT2D eigenvalue weighted by Gasteiger charge is -2.28. The molecule has 0 fully saturated rings. The molecule has 0 aromatic carbocycles. The molecule has 2 unspecified atom stereocenters. The normalized spacial score (nSPS) is 13.3. The lowest BCUT2D eigenvalue weighted by atomic mass is 9.78. The summed E-state index contributed by atoms with van der Waals surface area (Å²) in [5, 5.41) is 18.1. The molecule has 0 spiro atoms. The third-order valence-corrected chi connectivity index (χ3v) is 8.99. The van der Waals surface area contributed by atoms with Gasteiger partial charge in [0, 0.05) is 13.2 Å². The maximum atomic E-state index is 9.04. The smallest absolute Gasteiger partial charge is 0.0431 e. The molecule has 2 heteroatoms. The third-order valence-electron chi connectivity index (χ3n) is 8.99. The van der Waals surface area contributed by atoms with Crippen LogP contribution in [0.1, 0.15) is 206 Å². The second kappa shape index (κ2) is 33.1. The molecule has 0 saturated heterocycles. The van der Waals surface area contributed by atoms with E-state index in [2.05, 4.69) is 13.8 Å². The van der Waals surface area contributed by atoms with Crippen molar-refractivity contribution in [2.45, 2.75) is 206 Å². The van der Waals surface area contributed by atoms with Crippen molar-refractivity contribution in [2.75, 3.05) is 13.2 Å². The van der Waals surface area contributed by atoms with Gasteiger partial charge in [-0.1, -0.05) is 194 Å². The summed E-state index contributed by atoms with van der Waals surface area (Å²) in [5.41, 5.74) is 0. The average molecular weight is 539 g/mol. The molecular formula is C36H74O2. The second-order valence-electron chi connectivity index (χ2n) is 12.6. The molecule has 0 aliphatic heterocycles. The summed E-state index contributed by atoms with van der Waals surface area (Å²) in [7, 11) is 0. The molecule has 38 heavy (non-hydrogen) atoms. The van der Waals surface area contributed by atoms with Crippen LogP contribution in [0.2, 0.25) is 0 Å². The topological polar surface area (TPSA) is 40.5 Å². The summed E-state index contributed by atoms with van der Waals surface area (Å²) < 4.78 is 0. The van der Waals surface area contributed by atoms with Crippen LogP contribution in [0.25, 0.3) is 0 Å². The van der Waals surface area contributed by atoms with Gasteiger partial charge in [0.2, 0.25) is 0 Å². The molecule has 2 N–H and O–H groups in total. The Kier molecular flexibility index (Phi) is 33.1. The molecule has 0 bridgehead atoms. The molecule has 0 saturated carbocycles. The SMILES string of the molecule is CCCCCCCCCC(CCCCCCCCO)C(CCCCCCCCC)CCCCCCCCO. The molecule has 0 heterocycles. The van der Waals surface area contributed by atoms with Crippen molar-refractivity contribution in [3.8, 4) is 0 Å². The lowest BCUT2D eigenvalue weighted by molar-refractivity contribution is 0.235. The van der Waals surface area contributed by atoms with Crippen molar-refractivity contribution in [3.63, 3.8) is 0 Å². The minimum Gasteiger partial charge on any atom is -0.396 e. The largest absolute Gasteiger partial charge is 0.396 e. The molecule has 2 atom stereocenters. The average Bonchev–Trinajstić information content (AvgIpc) is 2.93. The van der Waals surface area contributed by atoms with Gasteiger partial charge in [-0.05, 0) is 24.7 Å². The van der Waals surface area contributed by atoms with Gasteiger partial charge in [-0.2, -0.15) is 0 Å². The Morgan fingerprint density at radius 3 is 0.737 bits per heavy atom. The van der Waals surface area contributed by atoms with Crippen LogP contribution in [0.4, 0.5) is 0 Å². The number of hydrogen-bond donors (Lipinski definition) is 2. The Balaban J connectivity index is 4.71. The van der Waals surface area contributed by atoms with Crippen LogP contribution < -0.4 is 0 Å². The van der Waals surface area contributed by atoms with Gasteiger partial charge >= 0.3 is 0 Å². The van der Waals surface area contributed by atoms with Crippen molar-refractivity contribution in [1.82, 2.24) is 0 Å². The molecule has 0 amide bonds. The maximum absolute atomic E-state index is 9.04. The van der Waals surface area contributed by atoms with E-state index in [0.717, 1.165) is 24.7 Å². The van der Waals surface area contributed by atoms with E-state index in [1.165, 1.54) is 180 Å².